The number of rotatable bonds is 7. The van der Waals surface area contributed by atoms with Gasteiger partial charge in [0.1, 0.15) is 9.84 Å². The van der Waals surface area contributed by atoms with Crippen LogP contribution in [0.15, 0.2) is 0 Å². The summed E-state index contributed by atoms with van der Waals surface area (Å²) >= 11 is 0. The molecule has 9 heteroatoms. The second-order valence-corrected chi connectivity index (χ2v) is 7.45. The van der Waals surface area contributed by atoms with Crippen molar-refractivity contribution in [1.29, 1.82) is 0 Å². The van der Waals surface area contributed by atoms with Crippen molar-refractivity contribution in [2.75, 3.05) is 18.1 Å². The molecule has 0 saturated carbocycles. The molecule has 20 heavy (non-hydrogen) atoms. The predicted octanol–water partition coefficient (Wildman–Crippen LogP) is 2.52. The molecule has 0 aromatic rings. The first-order valence-electron chi connectivity index (χ1n) is 6.37. The van der Waals surface area contributed by atoms with E-state index in [9.17, 15) is 30.4 Å². The molecule has 120 valence electrons. The zero-order valence-corrected chi connectivity index (χ0v) is 11.7. The average molecular weight is 323 g/mol. The van der Waals surface area contributed by atoms with Crippen LogP contribution in [0.25, 0.3) is 0 Å². The van der Waals surface area contributed by atoms with E-state index in [2.05, 4.69) is 5.32 Å². The third kappa shape index (κ3) is 7.37. The van der Waals surface area contributed by atoms with E-state index in [0.29, 0.717) is 0 Å². The highest BCUT2D eigenvalue weighted by Gasteiger charge is 2.38. The second-order valence-electron chi connectivity index (χ2n) is 5.15. The highest BCUT2D eigenvalue weighted by Crippen LogP contribution is 2.27. The lowest BCUT2D eigenvalue weighted by Gasteiger charge is -2.10. The Kier molecular flexibility index (Phi) is 5.77. The molecule has 3 nitrogen and oxygen atoms in total. The van der Waals surface area contributed by atoms with Crippen LogP contribution in [-0.2, 0) is 9.84 Å². The molecule has 0 aliphatic carbocycles. The van der Waals surface area contributed by atoms with E-state index in [-0.39, 0.29) is 25.0 Å². The lowest BCUT2D eigenvalue weighted by Crippen LogP contribution is -2.23. The van der Waals surface area contributed by atoms with Crippen LogP contribution >= 0.6 is 0 Å². The van der Waals surface area contributed by atoms with Crippen molar-refractivity contribution in [3.05, 3.63) is 0 Å². The normalized spacial score (nSPS) is 23.1. The van der Waals surface area contributed by atoms with Gasteiger partial charge in [-0.2, -0.15) is 13.2 Å². The summed E-state index contributed by atoms with van der Waals surface area (Å²) in [6.07, 6.45) is -5.78. The van der Waals surface area contributed by atoms with Gasteiger partial charge >= 0.3 is 6.18 Å². The molecule has 1 fully saturated rings. The molecule has 1 N–H and O–H groups in total. The van der Waals surface area contributed by atoms with Gasteiger partial charge in [0.15, 0.2) is 0 Å². The largest absolute Gasteiger partial charge is 0.389 e. The van der Waals surface area contributed by atoms with Crippen LogP contribution in [0.2, 0.25) is 0 Å². The molecule has 1 unspecified atom stereocenters. The van der Waals surface area contributed by atoms with Crippen molar-refractivity contribution in [3.63, 3.8) is 0 Å². The first-order chi connectivity index (χ1) is 8.99. The average Bonchev–Trinajstić information content (AvgIpc) is 2.55. The fourth-order valence-electron chi connectivity index (χ4n) is 2.15. The Bertz CT molecular complexity index is 408. The minimum atomic E-state index is -4.35. The fourth-order valence-corrected chi connectivity index (χ4v) is 3.54. The molecule has 1 aliphatic heterocycles. The molecule has 1 saturated heterocycles. The lowest BCUT2D eigenvalue weighted by atomic mass is 10.1. The Morgan fingerprint density at radius 2 is 1.75 bits per heavy atom. The van der Waals surface area contributed by atoms with E-state index >= 15 is 0 Å². The second kappa shape index (κ2) is 6.55. The molecule has 1 heterocycles. The first kappa shape index (κ1) is 17.6. The van der Waals surface area contributed by atoms with Gasteiger partial charge in [0.2, 0.25) is 0 Å². The standard InChI is InChI=1S/C11H18F5NO2S/c12-10(13)7-9(17-8-10)3-1-5-20(18,19)6-2-4-11(14,15)16/h9,17H,1-8H2. The Labute approximate surface area is 114 Å². The fraction of sp³-hybridized carbons (Fsp3) is 1.00. The summed E-state index contributed by atoms with van der Waals surface area (Å²) in [6.45, 7) is -0.407. The van der Waals surface area contributed by atoms with E-state index in [1.54, 1.807) is 0 Å². The van der Waals surface area contributed by atoms with Gasteiger partial charge in [0.25, 0.3) is 5.92 Å². The Morgan fingerprint density at radius 1 is 1.15 bits per heavy atom. The molecule has 0 aromatic carbocycles. The third-order valence-electron chi connectivity index (χ3n) is 3.12. The summed E-state index contributed by atoms with van der Waals surface area (Å²) in [7, 11) is -3.54. The number of sulfone groups is 1. The number of hydrogen-bond acceptors (Lipinski definition) is 3. The predicted molar refractivity (Wildman–Crippen MR) is 64.5 cm³/mol. The van der Waals surface area contributed by atoms with Crippen molar-refractivity contribution in [1.82, 2.24) is 5.32 Å². The summed E-state index contributed by atoms with van der Waals surface area (Å²) < 4.78 is 84.3. The third-order valence-corrected chi connectivity index (χ3v) is 4.94. The molecule has 1 atom stereocenters. The molecule has 0 spiro atoms. The molecule has 0 radical (unpaired) electrons. The molecule has 0 aromatic heterocycles. The van der Waals surface area contributed by atoms with Crippen LogP contribution in [0.3, 0.4) is 0 Å². The Balaban J connectivity index is 2.20. The maximum atomic E-state index is 12.8. The highest BCUT2D eigenvalue weighted by molar-refractivity contribution is 7.91. The Hall–Kier alpha value is -0.440. The van der Waals surface area contributed by atoms with Crippen LogP contribution < -0.4 is 5.32 Å². The van der Waals surface area contributed by atoms with Gasteiger partial charge in [-0.05, 0) is 19.3 Å². The van der Waals surface area contributed by atoms with Crippen molar-refractivity contribution < 1.29 is 30.4 Å². The maximum absolute atomic E-state index is 12.8. The summed E-state index contributed by atoms with van der Waals surface area (Å²) in [5, 5.41) is 2.60. The monoisotopic (exact) mass is 323 g/mol. The zero-order valence-electron chi connectivity index (χ0n) is 10.8. The summed E-state index contributed by atoms with van der Waals surface area (Å²) in [4.78, 5) is 0. The Morgan fingerprint density at radius 3 is 2.25 bits per heavy atom. The van der Waals surface area contributed by atoms with Gasteiger partial charge in [0, 0.05) is 18.9 Å². The lowest BCUT2D eigenvalue weighted by molar-refractivity contribution is -0.134. The van der Waals surface area contributed by atoms with E-state index in [1.807, 2.05) is 0 Å². The SMILES string of the molecule is O=S(=O)(CCCC1CC(F)(F)CN1)CCCC(F)(F)F. The summed E-state index contributed by atoms with van der Waals surface area (Å²) in [5.41, 5.74) is 0. The quantitative estimate of drug-likeness (QED) is 0.732. The molecule has 1 aliphatic rings. The summed E-state index contributed by atoms with van der Waals surface area (Å²) in [6, 6.07) is -0.421. The van der Waals surface area contributed by atoms with E-state index in [4.69, 9.17) is 0 Å². The smallest absolute Gasteiger partial charge is 0.308 e. The van der Waals surface area contributed by atoms with E-state index in [1.165, 1.54) is 0 Å². The maximum Gasteiger partial charge on any atom is 0.389 e. The number of halogens is 5. The topological polar surface area (TPSA) is 46.2 Å². The van der Waals surface area contributed by atoms with Crippen LogP contribution in [0, 0.1) is 0 Å². The highest BCUT2D eigenvalue weighted by atomic mass is 32.2. The van der Waals surface area contributed by atoms with Crippen molar-refractivity contribution in [3.8, 4) is 0 Å². The van der Waals surface area contributed by atoms with Gasteiger partial charge in [-0.25, -0.2) is 17.2 Å². The van der Waals surface area contributed by atoms with Crippen molar-refractivity contribution >= 4 is 9.84 Å². The van der Waals surface area contributed by atoms with Gasteiger partial charge in [0.05, 0.1) is 18.1 Å². The molecular weight excluding hydrogens is 305 g/mol. The van der Waals surface area contributed by atoms with E-state index in [0.717, 1.165) is 0 Å². The van der Waals surface area contributed by atoms with Crippen LogP contribution in [0.4, 0.5) is 22.0 Å². The minimum Gasteiger partial charge on any atom is -0.308 e. The number of hydrogen-bond donors (Lipinski definition) is 1. The van der Waals surface area contributed by atoms with Crippen LogP contribution in [0.1, 0.15) is 32.1 Å². The number of alkyl halides is 5. The molecule has 0 amide bonds. The van der Waals surface area contributed by atoms with Gasteiger partial charge in [-0.15, -0.1) is 0 Å². The molecular formula is C11H18F5NO2S. The molecule has 0 bridgehead atoms. The minimum absolute atomic E-state index is 0.183. The van der Waals surface area contributed by atoms with Gasteiger partial charge < -0.3 is 5.32 Å². The zero-order chi connectivity index (χ0) is 15.4. The van der Waals surface area contributed by atoms with Gasteiger partial charge in [-0.3, -0.25) is 0 Å². The van der Waals surface area contributed by atoms with Crippen molar-refractivity contribution in [2.24, 2.45) is 0 Å². The van der Waals surface area contributed by atoms with Crippen LogP contribution in [-0.4, -0.2) is 44.6 Å². The molecule has 1 rings (SSSR count). The van der Waals surface area contributed by atoms with Crippen LogP contribution in [0.5, 0.6) is 0 Å². The summed E-state index contributed by atoms with van der Waals surface area (Å²) in [5.74, 6) is -3.52. The number of nitrogens with one attached hydrogen (secondary N) is 1. The first-order valence-corrected chi connectivity index (χ1v) is 8.20. The van der Waals surface area contributed by atoms with E-state index < -0.39 is 53.1 Å². The van der Waals surface area contributed by atoms with Gasteiger partial charge in [-0.1, -0.05) is 0 Å². The van der Waals surface area contributed by atoms with Crippen molar-refractivity contribution in [2.45, 2.75) is 50.2 Å².